The first-order valence-corrected chi connectivity index (χ1v) is 11.5. The van der Waals surface area contributed by atoms with Crippen molar-refractivity contribution in [1.82, 2.24) is 10.6 Å². The number of hydrogen-bond acceptors (Lipinski definition) is 4. The molecule has 1 aliphatic rings. The van der Waals surface area contributed by atoms with Crippen molar-refractivity contribution >= 4 is 20.3 Å². The molecule has 0 aliphatic carbocycles. The maximum absolute atomic E-state index is 12.0. The molecule has 0 aromatic rings. The van der Waals surface area contributed by atoms with Gasteiger partial charge < -0.3 is 19.8 Å². The van der Waals surface area contributed by atoms with E-state index in [-0.39, 0.29) is 29.3 Å². The number of ether oxygens (including phenoxy) is 1. The number of alkyl carbamates (subject to hydrolysis) is 1. The highest BCUT2D eigenvalue weighted by atomic mass is 28.4. The second kappa shape index (κ2) is 7.43. The summed E-state index contributed by atoms with van der Waals surface area (Å²) in [4.78, 5) is 23.8. The summed E-state index contributed by atoms with van der Waals surface area (Å²) in [7, 11) is -1.87. The van der Waals surface area contributed by atoms with Crippen LogP contribution in [0.5, 0.6) is 0 Å². The lowest BCUT2D eigenvalue weighted by Gasteiger charge is -2.39. The number of carbonyl (C=O) groups excluding carboxylic acids is 2. The van der Waals surface area contributed by atoms with Crippen LogP contribution in [0.1, 0.15) is 48.0 Å². The molecule has 1 rings (SSSR count). The van der Waals surface area contributed by atoms with Crippen molar-refractivity contribution in [3.63, 3.8) is 0 Å². The quantitative estimate of drug-likeness (QED) is 0.757. The van der Waals surface area contributed by atoms with Crippen LogP contribution in [0.25, 0.3) is 0 Å². The zero-order valence-corrected chi connectivity index (χ0v) is 17.4. The van der Waals surface area contributed by atoms with Crippen molar-refractivity contribution in [2.75, 3.05) is 13.2 Å². The summed E-state index contributed by atoms with van der Waals surface area (Å²) in [6.07, 6.45) is -0.232. The maximum Gasteiger partial charge on any atom is 0.407 e. The third-order valence-electron chi connectivity index (χ3n) is 4.70. The Labute approximate surface area is 147 Å². The minimum absolute atomic E-state index is 0.0457. The molecule has 2 N–H and O–H groups in total. The van der Waals surface area contributed by atoms with Crippen LogP contribution in [0.2, 0.25) is 18.1 Å². The number of carbonyl (C=O) groups is 2. The molecule has 0 aromatic carbocycles. The van der Waals surface area contributed by atoms with E-state index in [4.69, 9.17) is 9.16 Å². The van der Waals surface area contributed by atoms with Gasteiger partial charge in [-0.2, -0.15) is 0 Å². The normalized spacial score (nSPS) is 22.8. The Morgan fingerprint density at radius 3 is 2.33 bits per heavy atom. The molecule has 6 nitrogen and oxygen atoms in total. The summed E-state index contributed by atoms with van der Waals surface area (Å²) >= 11 is 0. The average Bonchev–Trinajstić information content (AvgIpc) is 2.33. The van der Waals surface area contributed by atoms with Gasteiger partial charge in [0.05, 0.1) is 0 Å². The molecule has 24 heavy (non-hydrogen) atoms. The van der Waals surface area contributed by atoms with Crippen LogP contribution >= 0.6 is 0 Å². The Hall–Kier alpha value is -1.08. The van der Waals surface area contributed by atoms with Crippen molar-refractivity contribution in [2.24, 2.45) is 5.92 Å². The van der Waals surface area contributed by atoms with Crippen molar-refractivity contribution < 1.29 is 18.8 Å². The fraction of sp³-hybridized carbons (Fsp3) is 0.882. The highest BCUT2D eigenvalue weighted by Gasteiger charge is 2.39. The zero-order valence-electron chi connectivity index (χ0n) is 16.4. The van der Waals surface area contributed by atoms with Gasteiger partial charge in [0.15, 0.2) is 8.32 Å². The summed E-state index contributed by atoms with van der Waals surface area (Å²) in [5.41, 5.74) is -0.561. The van der Waals surface area contributed by atoms with E-state index >= 15 is 0 Å². The van der Waals surface area contributed by atoms with Gasteiger partial charge in [0.2, 0.25) is 5.91 Å². The van der Waals surface area contributed by atoms with Crippen LogP contribution in [0.15, 0.2) is 0 Å². The van der Waals surface area contributed by atoms with Gasteiger partial charge in [-0.15, -0.1) is 0 Å². The zero-order chi connectivity index (χ0) is 18.8. The van der Waals surface area contributed by atoms with Gasteiger partial charge in [-0.05, 0) is 38.9 Å². The van der Waals surface area contributed by atoms with Crippen molar-refractivity contribution in [1.29, 1.82) is 0 Å². The Kier molecular flexibility index (Phi) is 6.49. The summed E-state index contributed by atoms with van der Waals surface area (Å²) in [5.74, 6) is -0.0102. The summed E-state index contributed by atoms with van der Waals surface area (Å²) in [6.45, 7) is 17.5. The summed E-state index contributed by atoms with van der Waals surface area (Å²) in [6, 6.07) is -0.265. The van der Waals surface area contributed by atoms with Crippen LogP contribution in [-0.2, 0) is 14.0 Å². The first-order chi connectivity index (χ1) is 10.7. The van der Waals surface area contributed by atoms with Gasteiger partial charge >= 0.3 is 6.09 Å². The monoisotopic (exact) mass is 358 g/mol. The van der Waals surface area contributed by atoms with Crippen LogP contribution < -0.4 is 10.6 Å². The van der Waals surface area contributed by atoms with Crippen molar-refractivity contribution in [2.45, 2.75) is 77.7 Å². The van der Waals surface area contributed by atoms with E-state index in [1.54, 1.807) is 0 Å². The Bertz CT molecular complexity index is 466. The predicted octanol–water partition coefficient (Wildman–Crippen LogP) is 3.04. The SMILES string of the molecule is CC(C)(C)OC(=O)N[C@@H]1CC(=O)NC[C@H]1CO[Si](C)(C)C(C)(C)C. The van der Waals surface area contributed by atoms with E-state index < -0.39 is 20.0 Å². The molecule has 7 heteroatoms. The molecule has 0 unspecified atom stereocenters. The topological polar surface area (TPSA) is 76.7 Å². The largest absolute Gasteiger partial charge is 0.444 e. The molecule has 2 amide bonds. The molecule has 0 saturated carbocycles. The second-order valence-corrected chi connectivity index (χ2v) is 13.9. The molecular weight excluding hydrogens is 324 g/mol. The molecule has 1 aliphatic heterocycles. The molecule has 0 bridgehead atoms. The third kappa shape index (κ3) is 6.43. The summed E-state index contributed by atoms with van der Waals surface area (Å²) < 4.78 is 11.6. The standard InChI is InChI=1S/C17H34N2O4Si/c1-16(2,3)23-15(21)19-13-9-14(20)18-10-12(13)11-22-24(7,8)17(4,5)6/h12-13H,9-11H2,1-8H3,(H,18,20)(H,19,21)/t12-,13+/m0/s1. The third-order valence-corrected chi connectivity index (χ3v) is 9.20. The van der Waals surface area contributed by atoms with Crippen LogP contribution in [0.3, 0.4) is 0 Å². The summed E-state index contributed by atoms with van der Waals surface area (Å²) in [5, 5.41) is 5.83. The molecule has 1 saturated heterocycles. The number of piperidine rings is 1. The molecule has 1 fully saturated rings. The van der Waals surface area contributed by atoms with Crippen LogP contribution in [0.4, 0.5) is 4.79 Å². The van der Waals surface area contributed by atoms with E-state index in [2.05, 4.69) is 44.5 Å². The molecule has 140 valence electrons. The van der Waals surface area contributed by atoms with E-state index in [1.165, 1.54) is 0 Å². The Balaban J connectivity index is 2.69. The predicted molar refractivity (Wildman–Crippen MR) is 97.4 cm³/mol. The molecule has 1 heterocycles. The van der Waals surface area contributed by atoms with Crippen LogP contribution in [0, 0.1) is 5.92 Å². The van der Waals surface area contributed by atoms with Gasteiger partial charge in [-0.3, -0.25) is 4.79 Å². The van der Waals surface area contributed by atoms with E-state index in [0.717, 1.165) is 0 Å². The number of nitrogens with one attached hydrogen (secondary N) is 2. The molecule has 2 atom stereocenters. The maximum atomic E-state index is 12.0. The van der Waals surface area contributed by atoms with Crippen LogP contribution in [-0.4, -0.2) is 45.1 Å². The fourth-order valence-corrected chi connectivity index (χ4v) is 3.22. The molecule has 0 radical (unpaired) electrons. The molecule has 0 spiro atoms. The number of rotatable bonds is 4. The second-order valence-electron chi connectivity index (χ2n) is 9.09. The van der Waals surface area contributed by atoms with Gasteiger partial charge in [0.1, 0.15) is 5.60 Å². The van der Waals surface area contributed by atoms with E-state index in [9.17, 15) is 9.59 Å². The van der Waals surface area contributed by atoms with Gasteiger partial charge in [0, 0.05) is 31.5 Å². The number of amides is 2. The first-order valence-electron chi connectivity index (χ1n) is 8.61. The van der Waals surface area contributed by atoms with Gasteiger partial charge in [-0.25, -0.2) is 4.79 Å². The van der Waals surface area contributed by atoms with Gasteiger partial charge in [-0.1, -0.05) is 20.8 Å². The Morgan fingerprint density at radius 2 is 1.83 bits per heavy atom. The highest BCUT2D eigenvalue weighted by Crippen LogP contribution is 2.37. The molecular formula is C17H34N2O4Si. The highest BCUT2D eigenvalue weighted by molar-refractivity contribution is 6.74. The lowest BCUT2D eigenvalue weighted by Crippen LogP contribution is -2.55. The van der Waals surface area contributed by atoms with Crippen molar-refractivity contribution in [3.8, 4) is 0 Å². The smallest absolute Gasteiger partial charge is 0.407 e. The van der Waals surface area contributed by atoms with Crippen molar-refractivity contribution in [3.05, 3.63) is 0 Å². The average molecular weight is 359 g/mol. The minimum Gasteiger partial charge on any atom is -0.444 e. The molecule has 0 aromatic heterocycles. The first kappa shape index (κ1) is 21.0. The van der Waals surface area contributed by atoms with E-state index in [0.29, 0.717) is 13.2 Å². The minimum atomic E-state index is -1.87. The van der Waals surface area contributed by atoms with Gasteiger partial charge in [0.25, 0.3) is 0 Å². The van der Waals surface area contributed by atoms with E-state index in [1.807, 2.05) is 20.8 Å². The number of hydrogen-bond donors (Lipinski definition) is 2. The fourth-order valence-electron chi connectivity index (χ4n) is 2.16. The lowest BCUT2D eigenvalue weighted by atomic mass is 9.94. The lowest BCUT2D eigenvalue weighted by molar-refractivity contribution is -0.123. The Morgan fingerprint density at radius 1 is 1.25 bits per heavy atom.